The molecular formula is C35H39F3N6O2S. The number of thioether (sulfide) groups is 1. The van der Waals surface area contributed by atoms with E-state index in [4.69, 9.17) is 0 Å². The van der Waals surface area contributed by atoms with Crippen LogP contribution in [0.4, 0.5) is 23.7 Å². The highest BCUT2D eigenvalue weighted by Crippen LogP contribution is 2.33. The number of hydrogen-bond acceptors (Lipinski definition) is 5. The van der Waals surface area contributed by atoms with Crippen LogP contribution in [0.1, 0.15) is 63.1 Å². The first kappa shape index (κ1) is 34.0. The number of amidine groups is 1. The summed E-state index contributed by atoms with van der Waals surface area (Å²) in [6.07, 6.45) is -0.237. The fourth-order valence-electron chi connectivity index (χ4n) is 5.50. The Labute approximate surface area is 277 Å². The molecule has 2 amide bonds. The van der Waals surface area contributed by atoms with E-state index in [1.165, 1.54) is 46.4 Å². The minimum atomic E-state index is -4.75. The van der Waals surface area contributed by atoms with E-state index in [0.29, 0.717) is 11.5 Å². The number of hydrogen-bond donors (Lipinski definition) is 1. The number of carbonyl (C=O) groups is 1. The molecule has 0 aliphatic carbocycles. The van der Waals surface area contributed by atoms with Crippen molar-refractivity contribution in [3.05, 3.63) is 89.7 Å². The summed E-state index contributed by atoms with van der Waals surface area (Å²) in [5.41, 5.74) is 5.93. The number of alkyl halides is 3. The first-order valence-corrected chi connectivity index (χ1v) is 16.7. The van der Waals surface area contributed by atoms with Gasteiger partial charge in [0.15, 0.2) is 11.0 Å². The van der Waals surface area contributed by atoms with E-state index >= 15 is 0 Å². The molecule has 8 nitrogen and oxygen atoms in total. The number of rotatable bonds is 9. The van der Waals surface area contributed by atoms with E-state index in [0.717, 1.165) is 47.0 Å². The van der Waals surface area contributed by atoms with Crippen LogP contribution in [0, 0.1) is 6.92 Å². The highest BCUT2D eigenvalue weighted by Gasteiger charge is 2.31. The molecule has 248 valence electrons. The van der Waals surface area contributed by atoms with Crippen LogP contribution in [-0.2, 0) is 6.42 Å². The quantitative estimate of drug-likeness (QED) is 0.193. The third-order valence-electron chi connectivity index (χ3n) is 8.25. The van der Waals surface area contributed by atoms with Crippen molar-refractivity contribution >= 4 is 28.6 Å². The van der Waals surface area contributed by atoms with Crippen LogP contribution in [0.15, 0.2) is 78.0 Å². The maximum Gasteiger partial charge on any atom is 0.573 e. The summed E-state index contributed by atoms with van der Waals surface area (Å²) in [6.45, 7) is 10.5. The maximum absolute atomic E-state index is 13.2. The zero-order valence-electron chi connectivity index (χ0n) is 27.1. The number of benzene rings is 3. The molecule has 2 heterocycles. The first-order chi connectivity index (χ1) is 22.4. The Morgan fingerprint density at radius 2 is 1.83 bits per heavy atom. The van der Waals surface area contributed by atoms with Gasteiger partial charge in [0.05, 0.1) is 5.69 Å². The molecule has 3 unspecified atom stereocenters. The van der Waals surface area contributed by atoms with Gasteiger partial charge in [0, 0.05) is 35.0 Å². The Morgan fingerprint density at radius 3 is 2.51 bits per heavy atom. The van der Waals surface area contributed by atoms with Gasteiger partial charge in [-0.3, -0.25) is 0 Å². The van der Waals surface area contributed by atoms with Crippen molar-refractivity contribution in [1.29, 1.82) is 0 Å². The molecule has 0 radical (unpaired) electrons. The lowest BCUT2D eigenvalue weighted by Gasteiger charge is -2.37. The molecule has 0 bridgehead atoms. The van der Waals surface area contributed by atoms with Crippen molar-refractivity contribution in [2.24, 2.45) is 4.99 Å². The molecule has 1 N–H and O–H groups in total. The molecule has 0 saturated carbocycles. The van der Waals surface area contributed by atoms with Crippen LogP contribution < -0.4 is 15.0 Å². The van der Waals surface area contributed by atoms with Gasteiger partial charge in [0.1, 0.15) is 12.1 Å². The maximum atomic E-state index is 13.2. The van der Waals surface area contributed by atoms with Gasteiger partial charge in [-0.05, 0) is 80.6 Å². The Hall–Kier alpha value is -4.32. The first-order valence-electron chi connectivity index (χ1n) is 15.7. The monoisotopic (exact) mass is 664 g/mol. The summed E-state index contributed by atoms with van der Waals surface area (Å²) in [5.74, 6) is 1.07. The number of halogens is 3. The molecule has 1 aliphatic rings. The fraction of sp³-hybridized carbons (Fsp3) is 0.371. The Kier molecular flexibility index (Phi) is 10.6. The zero-order valence-corrected chi connectivity index (χ0v) is 27.9. The van der Waals surface area contributed by atoms with Crippen molar-refractivity contribution < 1.29 is 22.7 Å². The van der Waals surface area contributed by atoms with Gasteiger partial charge in [0.25, 0.3) is 0 Å². The Morgan fingerprint density at radius 1 is 1.11 bits per heavy atom. The molecule has 0 spiro atoms. The Balaban J connectivity index is 1.24. The van der Waals surface area contributed by atoms with Gasteiger partial charge < -0.3 is 15.0 Å². The zero-order chi connectivity index (χ0) is 33.7. The highest BCUT2D eigenvalue weighted by molar-refractivity contribution is 8.14. The van der Waals surface area contributed by atoms with Crippen molar-refractivity contribution in [3.8, 4) is 22.8 Å². The molecule has 1 fully saturated rings. The summed E-state index contributed by atoms with van der Waals surface area (Å²) in [4.78, 5) is 24.4. The number of amides is 2. The van der Waals surface area contributed by atoms with E-state index in [1.54, 1.807) is 11.8 Å². The van der Waals surface area contributed by atoms with Crippen molar-refractivity contribution in [3.63, 3.8) is 0 Å². The second kappa shape index (κ2) is 14.6. The number of aromatic nitrogens is 3. The third-order valence-corrected chi connectivity index (χ3v) is 9.24. The number of nitrogens with one attached hydrogen (secondary N) is 1. The fourth-order valence-corrected chi connectivity index (χ4v) is 6.70. The lowest BCUT2D eigenvalue weighted by atomic mass is 9.93. The highest BCUT2D eigenvalue weighted by atomic mass is 32.2. The molecule has 3 atom stereocenters. The van der Waals surface area contributed by atoms with Gasteiger partial charge >= 0.3 is 12.4 Å². The topological polar surface area (TPSA) is 84.6 Å². The lowest BCUT2D eigenvalue weighted by molar-refractivity contribution is -0.274. The van der Waals surface area contributed by atoms with E-state index in [9.17, 15) is 18.0 Å². The van der Waals surface area contributed by atoms with Crippen LogP contribution in [0.3, 0.4) is 0 Å². The minimum absolute atomic E-state index is 0.00175. The van der Waals surface area contributed by atoms with E-state index in [1.807, 2.05) is 31.2 Å². The minimum Gasteiger partial charge on any atom is -0.406 e. The number of carbonyl (C=O) groups excluding carboxylic acids is 1. The second-order valence-electron chi connectivity index (χ2n) is 11.8. The molecule has 3 aromatic carbocycles. The number of urea groups is 1. The van der Waals surface area contributed by atoms with Crippen LogP contribution in [-0.4, -0.2) is 50.2 Å². The average Bonchev–Trinajstić information content (AvgIpc) is 3.52. The van der Waals surface area contributed by atoms with E-state index in [2.05, 4.69) is 75.9 Å². The summed E-state index contributed by atoms with van der Waals surface area (Å²) < 4.78 is 42.8. The molecule has 12 heteroatoms. The van der Waals surface area contributed by atoms with Crippen LogP contribution >= 0.6 is 11.8 Å². The molecular weight excluding hydrogens is 625 g/mol. The van der Waals surface area contributed by atoms with Crippen molar-refractivity contribution in [1.82, 2.24) is 20.1 Å². The predicted octanol–water partition coefficient (Wildman–Crippen LogP) is 8.68. The van der Waals surface area contributed by atoms with E-state index < -0.39 is 6.36 Å². The van der Waals surface area contributed by atoms with Crippen LogP contribution in [0.2, 0.25) is 0 Å². The second-order valence-corrected chi connectivity index (χ2v) is 12.9. The van der Waals surface area contributed by atoms with Gasteiger partial charge in [0.2, 0.25) is 0 Å². The predicted molar refractivity (Wildman–Crippen MR) is 182 cm³/mol. The summed E-state index contributed by atoms with van der Waals surface area (Å²) in [5, 5.41) is 8.29. The number of aliphatic imine (C=N–C) groups is 1. The van der Waals surface area contributed by atoms with Crippen molar-refractivity contribution in [2.45, 2.75) is 78.2 Å². The average molecular weight is 665 g/mol. The SMILES string of the molecule is CCCc1ccc(C)cc1N1C(=NC(=O)NC(C)C(C)c2ccc(-c3ncn(-c4ccc(OC(F)(F)F)cc4)n3)cc2)SCCC1C. The molecule has 1 saturated heterocycles. The molecule has 1 aliphatic heterocycles. The smallest absolute Gasteiger partial charge is 0.406 e. The lowest BCUT2D eigenvalue weighted by Crippen LogP contribution is -2.43. The summed E-state index contributed by atoms with van der Waals surface area (Å²) in [7, 11) is 0. The van der Waals surface area contributed by atoms with Gasteiger partial charge in [-0.15, -0.1) is 18.3 Å². The van der Waals surface area contributed by atoms with Crippen LogP contribution in [0.5, 0.6) is 5.75 Å². The molecule has 4 aromatic rings. The molecule has 1 aromatic heterocycles. The normalized spacial score (nSPS) is 17.4. The molecule has 47 heavy (non-hydrogen) atoms. The molecule has 5 rings (SSSR count). The number of nitrogens with zero attached hydrogens (tertiary/aromatic N) is 5. The number of anilines is 1. The van der Waals surface area contributed by atoms with Gasteiger partial charge in [-0.2, -0.15) is 4.99 Å². The summed E-state index contributed by atoms with van der Waals surface area (Å²) in [6, 6.07) is 19.4. The van der Waals surface area contributed by atoms with E-state index in [-0.39, 0.29) is 29.8 Å². The van der Waals surface area contributed by atoms with Gasteiger partial charge in [-0.1, -0.05) is 68.4 Å². The number of ether oxygens (including phenoxy) is 1. The standard InChI is InChI=1S/C35H39F3N6O2S/c1-6-7-27-9-8-22(2)20-31(27)44-23(3)18-19-47-34(44)41-33(45)40-25(5)24(4)26-10-12-28(13-11-26)32-39-21-43(42-32)29-14-16-30(17-15-29)46-35(36,37)38/h8-17,20-21,23-25H,6-7,18-19H2,1-5H3,(H,40,45). The van der Waals surface area contributed by atoms with Gasteiger partial charge in [-0.25, -0.2) is 14.5 Å². The Bertz CT molecular complexity index is 1710. The number of aryl methyl sites for hydroxylation is 2. The van der Waals surface area contributed by atoms with Crippen molar-refractivity contribution in [2.75, 3.05) is 10.7 Å². The summed E-state index contributed by atoms with van der Waals surface area (Å²) >= 11 is 1.62. The largest absolute Gasteiger partial charge is 0.573 e. The third kappa shape index (κ3) is 8.54. The van der Waals surface area contributed by atoms with Crippen LogP contribution in [0.25, 0.3) is 17.1 Å².